The Morgan fingerprint density at radius 2 is 1.94 bits per heavy atom. The molecule has 0 atom stereocenters. The van der Waals surface area contributed by atoms with Crippen LogP contribution in [0.3, 0.4) is 0 Å². The van der Waals surface area contributed by atoms with Crippen LogP contribution in [-0.4, -0.2) is 18.9 Å². The van der Waals surface area contributed by atoms with E-state index in [9.17, 15) is 0 Å². The van der Waals surface area contributed by atoms with E-state index in [4.69, 9.17) is 11.1 Å². The quantitative estimate of drug-likeness (QED) is 0.570. The first-order valence-electron chi connectivity index (χ1n) is 5.78. The second-order valence-electron chi connectivity index (χ2n) is 4.04. The summed E-state index contributed by atoms with van der Waals surface area (Å²) in [6, 6.07) is 8.55. The molecule has 1 rings (SSSR count). The number of anilines is 1. The van der Waals surface area contributed by atoms with Gasteiger partial charge in [0.25, 0.3) is 0 Å². The van der Waals surface area contributed by atoms with Gasteiger partial charge in [0, 0.05) is 25.2 Å². The number of nitrogens with two attached hydrogens (primary N) is 1. The van der Waals surface area contributed by atoms with Gasteiger partial charge in [0.2, 0.25) is 0 Å². The van der Waals surface area contributed by atoms with Crippen LogP contribution in [0.25, 0.3) is 0 Å². The van der Waals surface area contributed by atoms with Crippen molar-refractivity contribution in [2.24, 2.45) is 5.73 Å². The molecule has 0 heterocycles. The smallest absolute Gasteiger partial charge is 0.0905 e. The molecule has 0 saturated carbocycles. The summed E-state index contributed by atoms with van der Waals surface area (Å²) in [5, 5.41) is 7.19. The molecule has 3 N–H and O–H groups in total. The minimum atomic E-state index is 0.278. The van der Waals surface area contributed by atoms with Crippen LogP contribution in [-0.2, 0) is 0 Å². The van der Waals surface area contributed by atoms with Gasteiger partial charge in [-0.1, -0.05) is 17.7 Å². The molecule has 0 bridgehead atoms. The van der Waals surface area contributed by atoms with E-state index < -0.39 is 0 Å². The van der Waals surface area contributed by atoms with Crippen molar-refractivity contribution in [2.75, 3.05) is 18.0 Å². The predicted molar refractivity (Wildman–Crippen MR) is 70.2 cm³/mol. The average molecular weight is 219 g/mol. The molecule has 0 amide bonds. The summed E-state index contributed by atoms with van der Waals surface area (Å²) in [4.78, 5) is 2.31. The highest BCUT2D eigenvalue weighted by molar-refractivity contribution is 5.76. The topological polar surface area (TPSA) is 53.1 Å². The lowest BCUT2D eigenvalue weighted by Gasteiger charge is -2.23. The zero-order valence-corrected chi connectivity index (χ0v) is 10.2. The molecule has 1 aromatic rings. The third kappa shape index (κ3) is 3.93. The Kier molecular flexibility index (Phi) is 4.83. The molecule has 1 aromatic carbocycles. The van der Waals surface area contributed by atoms with Crippen LogP contribution in [0.1, 0.15) is 25.3 Å². The normalized spacial score (nSPS) is 10.1. The Morgan fingerprint density at radius 3 is 2.44 bits per heavy atom. The van der Waals surface area contributed by atoms with E-state index in [1.54, 1.807) is 0 Å². The number of rotatable bonds is 6. The fraction of sp³-hybridized carbons (Fsp3) is 0.462. The van der Waals surface area contributed by atoms with E-state index in [0.717, 1.165) is 19.5 Å². The van der Waals surface area contributed by atoms with E-state index in [1.165, 1.54) is 11.3 Å². The van der Waals surface area contributed by atoms with Crippen molar-refractivity contribution in [1.82, 2.24) is 0 Å². The summed E-state index contributed by atoms with van der Waals surface area (Å²) in [5.74, 6) is 0.278. The molecule has 3 heteroatoms. The zero-order chi connectivity index (χ0) is 12.0. The predicted octanol–water partition coefficient (Wildman–Crippen LogP) is 2.54. The second-order valence-corrected chi connectivity index (χ2v) is 4.04. The summed E-state index contributed by atoms with van der Waals surface area (Å²) in [6.07, 6.45) is 1.62. The minimum absolute atomic E-state index is 0.278. The molecule has 0 radical (unpaired) electrons. The van der Waals surface area contributed by atoms with Crippen LogP contribution in [0.15, 0.2) is 24.3 Å². The van der Waals surface area contributed by atoms with E-state index >= 15 is 0 Å². The molecule has 0 aromatic heterocycles. The highest BCUT2D eigenvalue weighted by Crippen LogP contribution is 2.15. The van der Waals surface area contributed by atoms with Crippen molar-refractivity contribution in [3.05, 3.63) is 29.8 Å². The van der Waals surface area contributed by atoms with E-state index in [1.807, 2.05) is 0 Å². The number of hydrogen-bond acceptors (Lipinski definition) is 2. The third-order valence-electron chi connectivity index (χ3n) is 2.65. The first kappa shape index (κ1) is 12.6. The molecule has 0 aliphatic carbocycles. The largest absolute Gasteiger partial charge is 0.388 e. The van der Waals surface area contributed by atoms with Gasteiger partial charge in [-0.15, -0.1) is 0 Å². The summed E-state index contributed by atoms with van der Waals surface area (Å²) in [5.41, 5.74) is 7.87. The van der Waals surface area contributed by atoms with Crippen LogP contribution in [0.2, 0.25) is 0 Å². The van der Waals surface area contributed by atoms with Gasteiger partial charge >= 0.3 is 0 Å². The van der Waals surface area contributed by atoms with E-state index in [2.05, 4.69) is 43.0 Å². The van der Waals surface area contributed by atoms with Gasteiger partial charge in [0.05, 0.1) is 5.84 Å². The van der Waals surface area contributed by atoms with E-state index in [0.29, 0.717) is 6.42 Å². The maximum absolute atomic E-state index is 7.19. The van der Waals surface area contributed by atoms with Crippen molar-refractivity contribution in [1.29, 1.82) is 5.41 Å². The minimum Gasteiger partial charge on any atom is -0.388 e. The standard InChI is InChI=1S/C13H21N3/c1-3-16(10-4-5-13(14)15)12-8-6-11(2)7-9-12/h6-9H,3-5,10H2,1-2H3,(H3,14,15). The van der Waals surface area contributed by atoms with Crippen LogP contribution >= 0.6 is 0 Å². The monoisotopic (exact) mass is 219 g/mol. The number of hydrogen-bond donors (Lipinski definition) is 2. The van der Waals surface area contributed by atoms with Crippen LogP contribution < -0.4 is 10.6 Å². The Balaban J connectivity index is 2.53. The summed E-state index contributed by atoms with van der Waals surface area (Å²) < 4.78 is 0. The molecular formula is C13H21N3. The van der Waals surface area contributed by atoms with Gasteiger partial charge in [-0.05, 0) is 32.4 Å². The van der Waals surface area contributed by atoms with E-state index in [-0.39, 0.29) is 5.84 Å². The highest BCUT2D eigenvalue weighted by atomic mass is 15.1. The van der Waals surface area contributed by atoms with Crippen LogP contribution in [0.5, 0.6) is 0 Å². The number of nitrogens with one attached hydrogen (secondary N) is 1. The van der Waals surface area contributed by atoms with Crippen molar-refractivity contribution in [3.8, 4) is 0 Å². The third-order valence-corrected chi connectivity index (χ3v) is 2.65. The molecule has 0 aliphatic rings. The number of nitrogens with zero attached hydrogens (tertiary/aromatic N) is 1. The molecule has 3 nitrogen and oxygen atoms in total. The Labute approximate surface area is 97.8 Å². The molecular weight excluding hydrogens is 198 g/mol. The van der Waals surface area contributed by atoms with Gasteiger partial charge in [-0.2, -0.15) is 0 Å². The maximum Gasteiger partial charge on any atom is 0.0905 e. The van der Waals surface area contributed by atoms with Crippen LogP contribution in [0.4, 0.5) is 5.69 Å². The molecule has 0 unspecified atom stereocenters. The summed E-state index contributed by atoms with van der Waals surface area (Å²) in [7, 11) is 0. The molecule has 0 fully saturated rings. The Morgan fingerprint density at radius 1 is 1.31 bits per heavy atom. The molecule has 0 saturated heterocycles. The highest BCUT2D eigenvalue weighted by Gasteiger charge is 2.03. The molecule has 88 valence electrons. The lowest BCUT2D eigenvalue weighted by atomic mass is 10.2. The lowest BCUT2D eigenvalue weighted by Crippen LogP contribution is -2.25. The Bertz CT molecular complexity index is 330. The number of aryl methyl sites for hydroxylation is 1. The Hall–Kier alpha value is -1.51. The first-order valence-corrected chi connectivity index (χ1v) is 5.78. The average Bonchev–Trinajstić information content (AvgIpc) is 2.26. The fourth-order valence-corrected chi connectivity index (χ4v) is 1.69. The van der Waals surface area contributed by atoms with Gasteiger partial charge in [-0.25, -0.2) is 0 Å². The maximum atomic E-state index is 7.19. The van der Waals surface area contributed by atoms with Gasteiger partial charge in [-0.3, -0.25) is 5.41 Å². The van der Waals surface area contributed by atoms with Crippen molar-refractivity contribution < 1.29 is 0 Å². The second kappa shape index (κ2) is 6.16. The molecule has 0 spiro atoms. The molecule has 0 aliphatic heterocycles. The summed E-state index contributed by atoms with van der Waals surface area (Å²) >= 11 is 0. The number of benzene rings is 1. The van der Waals surface area contributed by atoms with Crippen molar-refractivity contribution in [3.63, 3.8) is 0 Å². The van der Waals surface area contributed by atoms with Gasteiger partial charge < -0.3 is 10.6 Å². The molecule has 16 heavy (non-hydrogen) atoms. The van der Waals surface area contributed by atoms with Gasteiger partial charge in [0.1, 0.15) is 0 Å². The fourth-order valence-electron chi connectivity index (χ4n) is 1.69. The van der Waals surface area contributed by atoms with Crippen LogP contribution in [0, 0.1) is 12.3 Å². The van der Waals surface area contributed by atoms with Gasteiger partial charge in [0.15, 0.2) is 0 Å². The summed E-state index contributed by atoms with van der Waals surface area (Å²) in [6.45, 7) is 6.18. The first-order chi connectivity index (χ1) is 7.63. The zero-order valence-electron chi connectivity index (χ0n) is 10.2. The van der Waals surface area contributed by atoms with Crippen molar-refractivity contribution >= 4 is 11.5 Å². The lowest BCUT2D eigenvalue weighted by molar-refractivity contribution is 0.765. The SMILES string of the molecule is CCN(CCCC(=N)N)c1ccc(C)cc1. The van der Waals surface area contributed by atoms with Crippen molar-refractivity contribution in [2.45, 2.75) is 26.7 Å². The number of amidine groups is 1.